The van der Waals surface area contributed by atoms with Gasteiger partial charge < -0.3 is 10.1 Å². The lowest BCUT2D eigenvalue weighted by Crippen LogP contribution is -2.13. The Hall–Kier alpha value is -3.63. The van der Waals surface area contributed by atoms with Gasteiger partial charge in [-0.15, -0.1) is 0 Å². The van der Waals surface area contributed by atoms with Crippen molar-refractivity contribution >= 4 is 51.0 Å². The average Bonchev–Trinajstić information content (AvgIpc) is 2.84. The van der Waals surface area contributed by atoms with Crippen molar-refractivity contribution in [2.24, 2.45) is 0 Å². The van der Waals surface area contributed by atoms with E-state index >= 15 is 0 Å². The molecule has 0 heterocycles. The van der Waals surface area contributed by atoms with Gasteiger partial charge in [0, 0.05) is 5.69 Å². The normalized spacial score (nSPS) is 11.2. The first-order valence-corrected chi connectivity index (χ1v) is 11.9. The van der Waals surface area contributed by atoms with Crippen molar-refractivity contribution in [3.63, 3.8) is 0 Å². The quantitative estimate of drug-likeness (QED) is 0.155. The molecule has 0 aromatic heterocycles. The zero-order valence-electron chi connectivity index (χ0n) is 18.9. The van der Waals surface area contributed by atoms with E-state index < -0.39 is 5.91 Å². The van der Waals surface area contributed by atoms with Gasteiger partial charge in [-0.05, 0) is 106 Å². The van der Waals surface area contributed by atoms with E-state index in [0.717, 1.165) is 31.6 Å². The number of hydrogen-bond acceptors (Lipinski definition) is 3. The van der Waals surface area contributed by atoms with E-state index in [-0.39, 0.29) is 5.57 Å². The third kappa shape index (κ3) is 5.64. The van der Waals surface area contributed by atoms with Crippen molar-refractivity contribution in [3.8, 4) is 11.8 Å². The van der Waals surface area contributed by atoms with Gasteiger partial charge in [-0.25, -0.2) is 0 Å². The molecule has 1 N–H and O–H groups in total. The van der Waals surface area contributed by atoms with Crippen molar-refractivity contribution in [1.29, 1.82) is 5.26 Å². The van der Waals surface area contributed by atoms with Gasteiger partial charge in [-0.3, -0.25) is 4.79 Å². The number of aryl methyl sites for hydroxylation is 2. The molecule has 1 amide bonds. The van der Waals surface area contributed by atoms with Crippen LogP contribution in [0.4, 0.5) is 5.69 Å². The molecule has 168 valence electrons. The second-order valence-electron chi connectivity index (χ2n) is 8.08. The molecule has 4 aromatic carbocycles. The van der Waals surface area contributed by atoms with E-state index in [4.69, 9.17) is 4.74 Å². The fourth-order valence-electron chi connectivity index (χ4n) is 3.55. The number of carbonyl (C=O) groups is 1. The highest BCUT2D eigenvalue weighted by atomic mass is 127. The lowest BCUT2D eigenvalue weighted by molar-refractivity contribution is -0.112. The Morgan fingerprint density at radius 3 is 2.50 bits per heavy atom. The average molecular weight is 558 g/mol. The third-order valence-corrected chi connectivity index (χ3v) is 6.45. The lowest BCUT2D eigenvalue weighted by Gasteiger charge is -2.10. The molecule has 0 spiro atoms. The summed E-state index contributed by atoms with van der Waals surface area (Å²) in [5.41, 5.74) is 4.78. The fourth-order valence-corrected chi connectivity index (χ4v) is 4.24. The van der Waals surface area contributed by atoms with Crippen molar-refractivity contribution in [3.05, 3.63) is 110 Å². The summed E-state index contributed by atoms with van der Waals surface area (Å²) in [6, 6.07) is 27.8. The smallest absolute Gasteiger partial charge is 0.266 e. The molecule has 4 nitrogen and oxygen atoms in total. The van der Waals surface area contributed by atoms with E-state index in [1.807, 2.05) is 68.4 Å². The number of fused-ring (bicyclic) bond motifs is 1. The molecule has 0 radical (unpaired) electrons. The zero-order chi connectivity index (χ0) is 24.1. The number of ether oxygens (including phenoxy) is 1. The minimum atomic E-state index is -0.433. The van der Waals surface area contributed by atoms with Crippen LogP contribution in [0.3, 0.4) is 0 Å². The summed E-state index contributed by atoms with van der Waals surface area (Å²) in [5, 5.41) is 14.7. The molecule has 0 saturated heterocycles. The van der Waals surface area contributed by atoms with Crippen LogP contribution in [0.2, 0.25) is 0 Å². The molecule has 34 heavy (non-hydrogen) atoms. The molecule has 0 atom stereocenters. The Kier molecular flexibility index (Phi) is 7.29. The van der Waals surface area contributed by atoms with Crippen molar-refractivity contribution in [1.82, 2.24) is 0 Å². The van der Waals surface area contributed by atoms with Gasteiger partial charge in [0.05, 0.1) is 3.57 Å². The Labute approximate surface area is 213 Å². The summed E-state index contributed by atoms with van der Waals surface area (Å²) in [6.07, 6.45) is 1.59. The van der Waals surface area contributed by atoms with Gasteiger partial charge in [0.2, 0.25) is 0 Å². The van der Waals surface area contributed by atoms with Crippen LogP contribution < -0.4 is 10.1 Å². The first kappa shape index (κ1) is 23.5. The number of nitriles is 1. The molecule has 5 heteroatoms. The number of amides is 1. The number of hydrogen-bond donors (Lipinski definition) is 1. The van der Waals surface area contributed by atoms with Gasteiger partial charge in [0.1, 0.15) is 24.0 Å². The van der Waals surface area contributed by atoms with E-state index in [1.165, 1.54) is 10.8 Å². The minimum absolute atomic E-state index is 0.0406. The highest BCUT2D eigenvalue weighted by Gasteiger charge is 2.11. The predicted octanol–water partition coefficient (Wildman–Crippen LogP) is 7.19. The second kappa shape index (κ2) is 10.5. The van der Waals surface area contributed by atoms with Gasteiger partial charge in [-0.2, -0.15) is 5.26 Å². The molecule has 0 saturated carbocycles. The van der Waals surface area contributed by atoms with Crippen LogP contribution in [0, 0.1) is 28.7 Å². The Morgan fingerprint density at radius 1 is 0.971 bits per heavy atom. The molecular formula is C29H23IN2O2. The summed E-state index contributed by atoms with van der Waals surface area (Å²) >= 11 is 2.21. The second-order valence-corrected chi connectivity index (χ2v) is 9.25. The van der Waals surface area contributed by atoms with Gasteiger partial charge >= 0.3 is 0 Å². The maximum absolute atomic E-state index is 12.6. The number of halogens is 1. The Morgan fingerprint density at radius 2 is 1.76 bits per heavy atom. The Bertz CT molecular complexity index is 1450. The molecule has 0 aliphatic heterocycles. The van der Waals surface area contributed by atoms with Crippen molar-refractivity contribution in [2.45, 2.75) is 20.5 Å². The maximum Gasteiger partial charge on any atom is 0.266 e. The van der Waals surface area contributed by atoms with E-state index in [2.05, 4.69) is 58.2 Å². The molecular weight excluding hydrogens is 535 g/mol. The number of carbonyl (C=O) groups excluding carboxylic acids is 1. The summed E-state index contributed by atoms with van der Waals surface area (Å²) in [7, 11) is 0. The first-order valence-electron chi connectivity index (χ1n) is 10.8. The summed E-state index contributed by atoms with van der Waals surface area (Å²) < 4.78 is 6.93. The molecule has 0 aliphatic carbocycles. The minimum Gasteiger partial charge on any atom is -0.488 e. The molecule has 0 unspecified atom stereocenters. The number of nitrogens with one attached hydrogen (secondary N) is 1. The monoisotopic (exact) mass is 558 g/mol. The van der Waals surface area contributed by atoms with E-state index in [1.54, 1.807) is 6.08 Å². The van der Waals surface area contributed by atoms with Crippen molar-refractivity contribution in [2.75, 3.05) is 5.32 Å². The molecule has 4 aromatic rings. The van der Waals surface area contributed by atoms with Gasteiger partial charge in [-0.1, -0.05) is 48.5 Å². The number of benzene rings is 4. The topological polar surface area (TPSA) is 62.1 Å². The van der Waals surface area contributed by atoms with Gasteiger partial charge in [0.25, 0.3) is 5.91 Å². The van der Waals surface area contributed by atoms with Crippen LogP contribution in [-0.4, -0.2) is 5.91 Å². The highest BCUT2D eigenvalue weighted by Crippen LogP contribution is 2.25. The number of rotatable bonds is 6. The summed E-state index contributed by atoms with van der Waals surface area (Å²) in [4.78, 5) is 12.6. The SMILES string of the molecule is Cc1ccc(NC(=O)/C(C#N)=C/c2ccc(OCc3ccc4ccccc4c3)c(I)c2)cc1C. The van der Waals surface area contributed by atoms with Crippen LogP contribution in [0.15, 0.2) is 84.4 Å². The van der Waals surface area contributed by atoms with Gasteiger partial charge in [0.15, 0.2) is 0 Å². The molecule has 0 fully saturated rings. The molecule has 0 bridgehead atoms. The Balaban J connectivity index is 1.45. The highest BCUT2D eigenvalue weighted by molar-refractivity contribution is 14.1. The lowest BCUT2D eigenvalue weighted by atomic mass is 10.1. The molecule has 4 rings (SSSR count). The number of nitrogens with zero attached hydrogens (tertiary/aromatic N) is 1. The summed E-state index contributed by atoms with van der Waals surface area (Å²) in [5.74, 6) is 0.321. The largest absolute Gasteiger partial charge is 0.488 e. The third-order valence-electron chi connectivity index (χ3n) is 5.61. The summed E-state index contributed by atoms with van der Waals surface area (Å²) in [6.45, 7) is 4.45. The van der Waals surface area contributed by atoms with Crippen LogP contribution in [0.25, 0.3) is 16.8 Å². The molecule has 0 aliphatic rings. The zero-order valence-corrected chi connectivity index (χ0v) is 21.1. The fraction of sp³-hybridized carbons (Fsp3) is 0.103. The predicted molar refractivity (Wildman–Crippen MR) is 146 cm³/mol. The van der Waals surface area contributed by atoms with Crippen LogP contribution in [0.1, 0.15) is 22.3 Å². The van der Waals surface area contributed by atoms with Crippen molar-refractivity contribution < 1.29 is 9.53 Å². The van der Waals surface area contributed by atoms with E-state index in [0.29, 0.717) is 12.3 Å². The van der Waals surface area contributed by atoms with E-state index in [9.17, 15) is 10.1 Å². The van der Waals surface area contributed by atoms with Crippen LogP contribution in [-0.2, 0) is 11.4 Å². The van der Waals surface area contributed by atoms with Crippen LogP contribution in [0.5, 0.6) is 5.75 Å². The van der Waals surface area contributed by atoms with Crippen LogP contribution >= 0.6 is 22.6 Å². The standard InChI is InChI=1S/C29H23IN2O2/c1-19-7-11-26(13-20(19)2)32-29(33)25(17-31)14-21-9-12-28(27(30)16-21)34-18-22-8-10-23-5-3-4-6-24(23)15-22/h3-16H,18H2,1-2H3,(H,32,33)/b25-14+. The number of anilines is 1. The maximum atomic E-state index is 12.6. The first-order chi connectivity index (χ1) is 16.4.